The van der Waals surface area contributed by atoms with Crippen molar-refractivity contribution in [1.82, 2.24) is 5.32 Å². The first kappa shape index (κ1) is 14.1. The van der Waals surface area contributed by atoms with Gasteiger partial charge in [0, 0.05) is 23.2 Å². The summed E-state index contributed by atoms with van der Waals surface area (Å²) in [4.78, 5) is 12.6. The van der Waals surface area contributed by atoms with Gasteiger partial charge in [-0.2, -0.15) is 0 Å². The maximum Gasteiger partial charge on any atom is 0.251 e. The van der Waals surface area contributed by atoms with Crippen LogP contribution in [0.2, 0.25) is 0 Å². The van der Waals surface area contributed by atoms with Gasteiger partial charge in [-0.25, -0.2) is 0 Å². The molecule has 1 aromatic carbocycles. The van der Waals surface area contributed by atoms with Crippen molar-refractivity contribution >= 4 is 11.5 Å². The Morgan fingerprint density at radius 1 is 1.29 bits per heavy atom. The summed E-state index contributed by atoms with van der Waals surface area (Å²) in [6.07, 6.45) is 6.72. The Bertz CT molecular complexity index is 572. The Labute approximate surface area is 125 Å². The summed E-state index contributed by atoms with van der Waals surface area (Å²) < 4.78 is 5.40. The number of rotatable bonds is 3. The molecule has 0 heterocycles. The van der Waals surface area contributed by atoms with Crippen LogP contribution >= 0.6 is 0 Å². The van der Waals surface area contributed by atoms with Gasteiger partial charge in [0.05, 0.1) is 7.11 Å². The zero-order chi connectivity index (χ0) is 14.8. The van der Waals surface area contributed by atoms with Gasteiger partial charge in [-0.1, -0.05) is 18.2 Å². The van der Waals surface area contributed by atoms with Crippen LogP contribution in [-0.2, 0) is 11.2 Å². The third-order valence-electron chi connectivity index (χ3n) is 4.48. The Balaban J connectivity index is 1.73. The predicted octanol–water partition coefficient (Wildman–Crippen LogP) is 2.02. The van der Waals surface area contributed by atoms with Crippen LogP contribution in [0.25, 0.3) is 5.57 Å². The average Bonchev–Trinajstić information content (AvgIpc) is 2.93. The molecule has 112 valence electrons. The van der Waals surface area contributed by atoms with Gasteiger partial charge in [0.2, 0.25) is 0 Å². The lowest BCUT2D eigenvalue weighted by atomic mass is 9.91. The normalized spacial score (nSPS) is 24.2. The fraction of sp³-hybridized carbons (Fsp3) is 0.471. The minimum atomic E-state index is 0.0127. The highest BCUT2D eigenvalue weighted by molar-refractivity contribution is 6.21. The number of allylic oxidation sites excluding steroid dienone is 1. The highest BCUT2D eigenvalue weighted by Crippen LogP contribution is 2.35. The van der Waals surface area contributed by atoms with Crippen LogP contribution in [0.1, 0.15) is 36.8 Å². The molecule has 0 unspecified atom stereocenters. The third kappa shape index (κ3) is 2.81. The molecule has 1 saturated carbocycles. The van der Waals surface area contributed by atoms with Gasteiger partial charge in [0.15, 0.2) is 0 Å². The predicted molar refractivity (Wildman–Crippen MR) is 83.0 cm³/mol. The summed E-state index contributed by atoms with van der Waals surface area (Å²) in [5.74, 6) is 0.788. The molecule has 4 heteroatoms. The van der Waals surface area contributed by atoms with E-state index < -0.39 is 0 Å². The van der Waals surface area contributed by atoms with Gasteiger partial charge in [0.1, 0.15) is 5.75 Å². The fourth-order valence-corrected chi connectivity index (χ4v) is 3.27. The van der Waals surface area contributed by atoms with Crippen molar-refractivity contribution < 1.29 is 9.53 Å². The van der Waals surface area contributed by atoms with E-state index in [0.717, 1.165) is 54.6 Å². The van der Waals surface area contributed by atoms with E-state index in [2.05, 4.69) is 5.32 Å². The smallest absolute Gasteiger partial charge is 0.251 e. The Hall–Kier alpha value is -1.81. The lowest BCUT2D eigenvalue weighted by Gasteiger charge is -2.27. The number of methoxy groups -OCH3 is 1. The summed E-state index contributed by atoms with van der Waals surface area (Å²) in [7, 11) is 1.64. The number of benzene rings is 1. The number of hydrogen-bond donors (Lipinski definition) is 2. The van der Waals surface area contributed by atoms with Crippen LogP contribution in [0.5, 0.6) is 5.75 Å². The monoisotopic (exact) mass is 286 g/mol. The van der Waals surface area contributed by atoms with Crippen LogP contribution in [-0.4, -0.2) is 25.1 Å². The van der Waals surface area contributed by atoms with E-state index in [1.54, 1.807) is 7.11 Å². The first-order valence-corrected chi connectivity index (χ1v) is 7.62. The number of hydrogen-bond acceptors (Lipinski definition) is 3. The number of nitrogens with two attached hydrogens (primary N) is 1. The van der Waals surface area contributed by atoms with Crippen LogP contribution in [0.4, 0.5) is 0 Å². The van der Waals surface area contributed by atoms with Gasteiger partial charge in [-0.05, 0) is 43.7 Å². The minimum absolute atomic E-state index is 0.0127. The number of amides is 1. The highest BCUT2D eigenvalue weighted by atomic mass is 16.5. The van der Waals surface area contributed by atoms with Crippen LogP contribution in [0.15, 0.2) is 24.3 Å². The molecule has 1 aromatic rings. The molecule has 1 fully saturated rings. The molecular formula is C17H22N2O2. The molecule has 0 saturated heterocycles. The topological polar surface area (TPSA) is 64.3 Å². The van der Waals surface area contributed by atoms with Crippen molar-refractivity contribution in [2.75, 3.05) is 7.11 Å². The zero-order valence-electron chi connectivity index (χ0n) is 12.4. The largest absolute Gasteiger partial charge is 0.496 e. The molecule has 0 radical (unpaired) electrons. The van der Waals surface area contributed by atoms with Crippen molar-refractivity contribution in [3.63, 3.8) is 0 Å². The molecule has 3 N–H and O–H groups in total. The SMILES string of the molecule is COc1cccc2c1C(C(=O)NC1CCC(N)CC1)=CC2. The Morgan fingerprint density at radius 3 is 2.76 bits per heavy atom. The molecule has 0 aromatic heterocycles. The Morgan fingerprint density at radius 2 is 2.05 bits per heavy atom. The number of carbonyl (C=O) groups is 1. The highest BCUT2D eigenvalue weighted by Gasteiger charge is 2.26. The van der Waals surface area contributed by atoms with Gasteiger partial charge in [0.25, 0.3) is 5.91 Å². The van der Waals surface area contributed by atoms with Gasteiger partial charge in [-0.15, -0.1) is 0 Å². The average molecular weight is 286 g/mol. The van der Waals surface area contributed by atoms with Crippen LogP contribution in [0, 0.1) is 0 Å². The van der Waals surface area contributed by atoms with E-state index in [9.17, 15) is 4.79 Å². The second kappa shape index (κ2) is 5.90. The van der Waals surface area contributed by atoms with Gasteiger partial charge < -0.3 is 15.8 Å². The number of nitrogens with one attached hydrogen (secondary N) is 1. The van der Waals surface area contributed by atoms with Crippen molar-refractivity contribution in [2.24, 2.45) is 5.73 Å². The zero-order valence-corrected chi connectivity index (χ0v) is 12.4. The summed E-state index contributed by atoms with van der Waals surface area (Å²) in [6, 6.07) is 6.47. The van der Waals surface area contributed by atoms with E-state index in [1.807, 2.05) is 24.3 Å². The summed E-state index contributed by atoms with van der Waals surface area (Å²) >= 11 is 0. The van der Waals surface area contributed by atoms with E-state index in [1.165, 1.54) is 0 Å². The second-order valence-corrected chi connectivity index (χ2v) is 5.90. The van der Waals surface area contributed by atoms with Gasteiger partial charge >= 0.3 is 0 Å². The number of ether oxygens (including phenoxy) is 1. The molecule has 0 bridgehead atoms. The van der Waals surface area contributed by atoms with Crippen LogP contribution in [0.3, 0.4) is 0 Å². The van der Waals surface area contributed by atoms with E-state index in [0.29, 0.717) is 6.04 Å². The number of carbonyl (C=O) groups excluding carboxylic acids is 1. The molecule has 3 rings (SSSR count). The first-order valence-electron chi connectivity index (χ1n) is 7.62. The molecule has 2 aliphatic rings. The standard InChI is InChI=1S/C17H22N2O2/c1-21-15-4-2-3-11-5-10-14(16(11)15)17(20)19-13-8-6-12(18)7-9-13/h2-4,10,12-13H,5-9,18H2,1H3,(H,19,20). The summed E-state index contributed by atoms with van der Waals surface area (Å²) in [5, 5.41) is 3.16. The van der Waals surface area contributed by atoms with Crippen molar-refractivity contribution in [2.45, 2.75) is 44.2 Å². The molecule has 0 aliphatic heterocycles. The van der Waals surface area contributed by atoms with Crippen molar-refractivity contribution in [3.8, 4) is 5.75 Å². The second-order valence-electron chi connectivity index (χ2n) is 5.90. The van der Waals surface area contributed by atoms with E-state index >= 15 is 0 Å². The molecular weight excluding hydrogens is 264 g/mol. The molecule has 2 aliphatic carbocycles. The van der Waals surface area contributed by atoms with Crippen molar-refractivity contribution in [1.29, 1.82) is 0 Å². The Kier molecular flexibility index (Phi) is 3.97. The molecule has 0 spiro atoms. The molecule has 4 nitrogen and oxygen atoms in total. The lowest BCUT2D eigenvalue weighted by Crippen LogP contribution is -2.40. The third-order valence-corrected chi connectivity index (χ3v) is 4.48. The number of fused-ring (bicyclic) bond motifs is 1. The fourth-order valence-electron chi connectivity index (χ4n) is 3.27. The summed E-state index contributed by atoms with van der Waals surface area (Å²) in [6.45, 7) is 0. The van der Waals surface area contributed by atoms with Crippen molar-refractivity contribution in [3.05, 3.63) is 35.4 Å². The minimum Gasteiger partial charge on any atom is -0.496 e. The van der Waals surface area contributed by atoms with Crippen LogP contribution < -0.4 is 15.8 Å². The maximum atomic E-state index is 12.6. The summed E-state index contributed by atoms with van der Waals surface area (Å²) in [5.41, 5.74) is 8.76. The molecule has 21 heavy (non-hydrogen) atoms. The first-order chi connectivity index (χ1) is 10.2. The molecule has 0 atom stereocenters. The quantitative estimate of drug-likeness (QED) is 0.893. The lowest BCUT2D eigenvalue weighted by molar-refractivity contribution is -0.116. The van der Waals surface area contributed by atoms with E-state index in [4.69, 9.17) is 10.5 Å². The maximum absolute atomic E-state index is 12.6. The molecule has 1 amide bonds. The van der Waals surface area contributed by atoms with Gasteiger partial charge in [-0.3, -0.25) is 4.79 Å². The van der Waals surface area contributed by atoms with E-state index in [-0.39, 0.29) is 11.9 Å².